The van der Waals surface area contributed by atoms with E-state index in [0.29, 0.717) is 0 Å². The molecular weight excluding hydrogens is 332 g/mol. The van der Waals surface area contributed by atoms with E-state index >= 15 is 0 Å². The molecular formula is C6H16Na3O10P. The summed E-state index contributed by atoms with van der Waals surface area (Å²) in [6.45, 7) is -1.05. The Morgan fingerprint density at radius 1 is 1.00 bits per heavy atom. The molecule has 20 heavy (non-hydrogen) atoms. The first-order valence-electron chi connectivity index (χ1n) is 4.21. The first kappa shape index (κ1) is 30.3. The van der Waals surface area contributed by atoms with Gasteiger partial charge in [-0.2, -0.15) is 0 Å². The Hall–Kier alpha value is 2.42. The standard InChI is InChI=1S/C6H13O10P.3Na.3H/c7-2(1-16-17(13,14)15)3(8)4(9)5(10)6(11)12;;;;;;/h2-5,7-10H,1H2,(H,11,12)(H2,13,14,15);;;;;;/t2-,3-,4+,5-;;;;;;/m1....../s1. The number of hydrogen-bond donors (Lipinski definition) is 7. The van der Waals surface area contributed by atoms with Crippen LogP contribution in [0.2, 0.25) is 0 Å². The fourth-order valence-corrected chi connectivity index (χ4v) is 1.18. The van der Waals surface area contributed by atoms with E-state index in [1.807, 2.05) is 0 Å². The summed E-state index contributed by atoms with van der Waals surface area (Å²) in [5.74, 6) is -1.83. The minimum atomic E-state index is -4.86. The van der Waals surface area contributed by atoms with Crippen LogP contribution in [0.3, 0.4) is 0 Å². The van der Waals surface area contributed by atoms with E-state index in [0.717, 1.165) is 0 Å². The first-order chi connectivity index (χ1) is 7.56. The molecule has 0 spiro atoms. The van der Waals surface area contributed by atoms with Crippen LogP contribution in [0.25, 0.3) is 0 Å². The van der Waals surface area contributed by atoms with E-state index in [2.05, 4.69) is 4.52 Å². The normalized spacial score (nSPS) is 16.5. The van der Waals surface area contributed by atoms with Gasteiger partial charge in [-0.1, -0.05) is 0 Å². The van der Waals surface area contributed by atoms with Crippen molar-refractivity contribution in [2.24, 2.45) is 0 Å². The number of phosphoric acid groups is 1. The molecule has 0 heterocycles. The van der Waals surface area contributed by atoms with Crippen molar-refractivity contribution in [1.29, 1.82) is 0 Å². The molecule has 10 nitrogen and oxygen atoms in total. The van der Waals surface area contributed by atoms with E-state index in [1.54, 1.807) is 0 Å². The first-order valence-corrected chi connectivity index (χ1v) is 5.74. The molecule has 0 saturated carbocycles. The Kier molecular flexibility index (Phi) is 21.0. The van der Waals surface area contributed by atoms with Crippen LogP contribution in [0.1, 0.15) is 0 Å². The molecule has 0 saturated heterocycles. The van der Waals surface area contributed by atoms with E-state index in [4.69, 9.17) is 35.3 Å². The fraction of sp³-hybridized carbons (Fsp3) is 0.833. The molecule has 0 unspecified atom stereocenters. The number of carboxylic acids is 1. The van der Waals surface area contributed by atoms with Crippen molar-refractivity contribution in [1.82, 2.24) is 0 Å². The summed E-state index contributed by atoms with van der Waals surface area (Å²) in [6.07, 6.45) is -8.71. The Bertz CT molecular complexity index is 311. The topological polar surface area (TPSA) is 185 Å². The van der Waals surface area contributed by atoms with Gasteiger partial charge in [-0.05, 0) is 0 Å². The molecule has 108 valence electrons. The number of phosphoric ester groups is 1. The third kappa shape index (κ3) is 12.9. The zero-order chi connectivity index (χ0) is 13.8. The van der Waals surface area contributed by atoms with Crippen LogP contribution in [-0.4, -0.2) is 161 Å². The molecule has 0 aromatic carbocycles. The van der Waals surface area contributed by atoms with Crippen LogP contribution in [0, 0.1) is 0 Å². The molecule has 0 rings (SSSR count). The molecule has 0 aliphatic rings. The molecule has 0 bridgehead atoms. The van der Waals surface area contributed by atoms with Crippen LogP contribution in [0.15, 0.2) is 0 Å². The van der Waals surface area contributed by atoms with E-state index in [9.17, 15) is 9.36 Å². The van der Waals surface area contributed by atoms with Gasteiger partial charge >= 0.3 is 102 Å². The summed E-state index contributed by atoms with van der Waals surface area (Å²) in [5.41, 5.74) is 0. The van der Waals surface area contributed by atoms with Gasteiger partial charge in [0.05, 0.1) is 6.61 Å². The Morgan fingerprint density at radius 3 is 1.70 bits per heavy atom. The second-order valence-electron chi connectivity index (χ2n) is 3.12. The molecule has 0 fully saturated rings. The SMILES string of the molecule is O=C(O)[C@H](O)[C@@H](O)[C@H](O)[C@H](O)COP(=O)(O)O.[NaH].[NaH].[NaH]. The monoisotopic (exact) mass is 348 g/mol. The zero-order valence-electron chi connectivity index (χ0n) is 8.32. The number of aliphatic hydroxyl groups is 4. The van der Waals surface area contributed by atoms with Crippen LogP contribution < -0.4 is 0 Å². The summed E-state index contributed by atoms with van der Waals surface area (Å²) in [5, 5.41) is 44.4. The van der Waals surface area contributed by atoms with E-state index in [-0.39, 0.29) is 88.7 Å². The fourth-order valence-electron chi connectivity index (χ4n) is 0.833. The predicted octanol–water partition coefficient (Wildman–Crippen LogP) is -5.32. The molecule has 7 N–H and O–H groups in total. The molecule has 0 aromatic heterocycles. The summed E-state index contributed by atoms with van der Waals surface area (Å²) in [4.78, 5) is 26.8. The molecule has 14 heteroatoms. The van der Waals surface area contributed by atoms with E-state index < -0.39 is 44.8 Å². The molecule has 0 aliphatic carbocycles. The third-order valence-electron chi connectivity index (χ3n) is 1.73. The van der Waals surface area contributed by atoms with Crippen molar-refractivity contribution < 1.29 is 49.2 Å². The van der Waals surface area contributed by atoms with Crippen LogP contribution >= 0.6 is 7.82 Å². The van der Waals surface area contributed by atoms with Gasteiger partial charge in [0.1, 0.15) is 18.3 Å². The maximum absolute atomic E-state index is 10.2. The van der Waals surface area contributed by atoms with Gasteiger partial charge in [0.25, 0.3) is 0 Å². The van der Waals surface area contributed by atoms with Gasteiger partial charge in [-0.3, -0.25) is 4.52 Å². The number of aliphatic carboxylic acids is 1. The maximum atomic E-state index is 10.2. The predicted molar refractivity (Wildman–Crippen MR) is 71.1 cm³/mol. The Balaban J connectivity index is -0.000000427. The average Bonchev–Trinajstić information content (AvgIpc) is 2.21. The number of aliphatic hydroxyl groups excluding tert-OH is 4. The Labute approximate surface area is 180 Å². The second kappa shape index (κ2) is 13.8. The van der Waals surface area contributed by atoms with Crippen molar-refractivity contribution >= 4 is 102 Å². The van der Waals surface area contributed by atoms with Crippen LogP contribution in [0.4, 0.5) is 0 Å². The number of hydrogen-bond acceptors (Lipinski definition) is 7. The molecule has 0 amide bonds. The molecule has 4 atom stereocenters. The number of carbonyl (C=O) groups is 1. The van der Waals surface area contributed by atoms with Gasteiger partial charge in [0, 0.05) is 0 Å². The van der Waals surface area contributed by atoms with Crippen molar-refractivity contribution in [2.45, 2.75) is 24.4 Å². The minimum absolute atomic E-state index is 0. The van der Waals surface area contributed by atoms with Gasteiger partial charge in [-0.25, -0.2) is 9.36 Å². The van der Waals surface area contributed by atoms with E-state index in [1.165, 1.54) is 0 Å². The molecule has 0 aliphatic heterocycles. The summed E-state index contributed by atoms with van der Waals surface area (Å²) >= 11 is 0. The average molecular weight is 348 g/mol. The van der Waals surface area contributed by atoms with Crippen molar-refractivity contribution in [3.63, 3.8) is 0 Å². The quantitative estimate of drug-likeness (QED) is 0.173. The van der Waals surface area contributed by atoms with Gasteiger partial charge in [0.2, 0.25) is 0 Å². The van der Waals surface area contributed by atoms with Gasteiger partial charge in [0.15, 0.2) is 6.10 Å². The van der Waals surface area contributed by atoms with Gasteiger partial charge in [-0.15, -0.1) is 0 Å². The number of rotatable bonds is 7. The summed E-state index contributed by atoms with van der Waals surface area (Å²) < 4.78 is 14.1. The van der Waals surface area contributed by atoms with Crippen molar-refractivity contribution in [3.8, 4) is 0 Å². The Morgan fingerprint density at radius 2 is 1.40 bits per heavy atom. The van der Waals surface area contributed by atoms with Gasteiger partial charge < -0.3 is 35.3 Å². The van der Waals surface area contributed by atoms with Crippen LogP contribution in [0.5, 0.6) is 0 Å². The third-order valence-corrected chi connectivity index (χ3v) is 2.22. The summed E-state index contributed by atoms with van der Waals surface area (Å²) in [7, 11) is -4.86. The molecule has 0 aromatic rings. The zero-order valence-corrected chi connectivity index (χ0v) is 9.21. The second-order valence-corrected chi connectivity index (χ2v) is 4.36. The number of carboxylic acid groups (broad SMARTS) is 1. The summed E-state index contributed by atoms with van der Waals surface area (Å²) in [6, 6.07) is 0. The molecule has 0 radical (unpaired) electrons. The van der Waals surface area contributed by atoms with Crippen molar-refractivity contribution in [2.75, 3.05) is 6.61 Å². The van der Waals surface area contributed by atoms with Crippen LogP contribution in [-0.2, 0) is 13.9 Å². The van der Waals surface area contributed by atoms with Crippen molar-refractivity contribution in [3.05, 3.63) is 0 Å².